The Balaban J connectivity index is 0.00000106. The van der Waals surface area contributed by atoms with Crippen LogP contribution in [0.15, 0.2) is 24.5 Å². The Morgan fingerprint density at radius 3 is 2.44 bits per heavy atom. The lowest BCUT2D eigenvalue weighted by Gasteiger charge is -2.24. The Labute approximate surface area is 98.5 Å². The molecule has 90 valence electrons. The lowest BCUT2D eigenvalue weighted by molar-refractivity contribution is 0.0716. The number of aromatic nitrogens is 1. The molecule has 0 aromatic carbocycles. The molecule has 0 unspecified atom stereocenters. The fourth-order valence-corrected chi connectivity index (χ4v) is 1.40. The minimum absolute atomic E-state index is 0.0515. The van der Waals surface area contributed by atoms with Crippen molar-refractivity contribution in [3.8, 4) is 0 Å². The summed E-state index contributed by atoms with van der Waals surface area (Å²) in [6, 6.07) is 3.80. The SMILES string of the molecule is CC.CCN(C(=O)c1cccnc1)C(C)C. The molecule has 0 N–H and O–H groups in total. The number of pyridine rings is 1. The number of amides is 1. The van der Waals surface area contributed by atoms with Crippen LogP contribution >= 0.6 is 0 Å². The Hall–Kier alpha value is -1.38. The molecule has 0 atom stereocenters. The van der Waals surface area contributed by atoms with Gasteiger partial charge >= 0.3 is 0 Å². The monoisotopic (exact) mass is 222 g/mol. The number of hydrogen-bond acceptors (Lipinski definition) is 2. The first kappa shape index (κ1) is 14.6. The zero-order chi connectivity index (χ0) is 12.6. The fraction of sp³-hybridized carbons (Fsp3) is 0.538. The van der Waals surface area contributed by atoms with Crippen LogP contribution in [0, 0.1) is 0 Å². The highest BCUT2D eigenvalue weighted by atomic mass is 16.2. The van der Waals surface area contributed by atoms with Crippen LogP contribution in [-0.2, 0) is 0 Å². The first-order valence-corrected chi connectivity index (χ1v) is 5.87. The second-order valence-electron chi connectivity index (χ2n) is 3.43. The molecule has 0 radical (unpaired) electrons. The van der Waals surface area contributed by atoms with Gasteiger partial charge in [-0.3, -0.25) is 9.78 Å². The van der Waals surface area contributed by atoms with Gasteiger partial charge in [-0.1, -0.05) is 13.8 Å². The van der Waals surface area contributed by atoms with Gasteiger partial charge in [0.1, 0.15) is 0 Å². The number of carbonyl (C=O) groups excluding carboxylic acids is 1. The minimum atomic E-state index is 0.0515. The lowest BCUT2D eigenvalue weighted by atomic mass is 10.2. The predicted octanol–water partition coefficient (Wildman–Crippen LogP) is 2.98. The van der Waals surface area contributed by atoms with Gasteiger partial charge in [-0.15, -0.1) is 0 Å². The highest BCUT2D eigenvalue weighted by molar-refractivity contribution is 5.94. The zero-order valence-corrected chi connectivity index (χ0v) is 10.9. The van der Waals surface area contributed by atoms with Crippen molar-refractivity contribution >= 4 is 5.91 Å². The van der Waals surface area contributed by atoms with Gasteiger partial charge in [0.05, 0.1) is 5.56 Å². The first-order valence-electron chi connectivity index (χ1n) is 5.87. The minimum Gasteiger partial charge on any atom is -0.336 e. The van der Waals surface area contributed by atoms with E-state index in [-0.39, 0.29) is 11.9 Å². The predicted molar refractivity (Wildman–Crippen MR) is 67.4 cm³/mol. The van der Waals surface area contributed by atoms with Crippen molar-refractivity contribution in [3.05, 3.63) is 30.1 Å². The average Bonchev–Trinajstić information content (AvgIpc) is 2.33. The number of rotatable bonds is 3. The molecule has 3 nitrogen and oxygen atoms in total. The van der Waals surface area contributed by atoms with Crippen molar-refractivity contribution in [1.82, 2.24) is 9.88 Å². The summed E-state index contributed by atoms with van der Waals surface area (Å²) in [5, 5.41) is 0. The van der Waals surface area contributed by atoms with Crippen LogP contribution in [0.2, 0.25) is 0 Å². The Bertz CT molecular complexity index is 296. The summed E-state index contributed by atoms with van der Waals surface area (Å²) in [5.41, 5.74) is 0.656. The molecule has 1 rings (SSSR count). The molecular formula is C13H22N2O. The van der Waals surface area contributed by atoms with E-state index < -0.39 is 0 Å². The number of nitrogens with zero attached hydrogens (tertiary/aromatic N) is 2. The van der Waals surface area contributed by atoms with Gasteiger partial charge in [0, 0.05) is 25.0 Å². The second-order valence-corrected chi connectivity index (χ2v) is 3.43. The smallest absolute Gasteiger partial charge is 0.255 e. The van der Waals surface area contributed by atoms with E-state index in [9.17, 15) is 4.79 Å². The van der Waals surface area contributed by atoms with E-state index in [2.05, 4.69) is 4.98 Å². The summed E-state index contributed by atoms with van der Waals surface area (Å²) in [6.45, 7) is 10.7. The molecule has 0 fully saturated rings. The highest BCUT2D eigenvalue weighted by Crippen LogP contribution is 2.06. The molecule has 16 heavy (non-hydrogen) atoms. The molecule has 1 amide bonds. The molecule has 0 aliphatic rings. The molecule has 1 aromatic heterocycles. The molecule has 0 aliphatic carbocycles. The van der Waals surface area contributed by atoms with Crippen LogP contribution in [0.1, 0.15) is 45.0 Å². The topological polar surface area (TPSA) is 33.2 Å². The maximum absolute atomic E-state index is 11.9. The van der Waals surface area contributed by atoms with Crippen LogP contribution in [0.4, 0.5) is 0 Å². The molecule has 3 heteroatoms. The van der Waals surface area contributed by atoms with Gasteiger partial charge in [0.15, 0.2) is 0 Å². The maximum atomic E-state index is 11.9. The van der Waals surface area contributed by atoms with Crippen LogP contribution in [0.5, 0.6) is 0 Å². The van der Waals surface area contributed by atoms with Gasteiger partial charge in [-0.25, -0.2) is 0 Å². The third-order valence-corrected chi connectivity index (χ3v) is 2.13. The Morgan fingerprint density at radius 1 is 1.44 bits per heavy atom. The summed E-state index contributed by atoms with van der Waals surface area (Å²) in [6.07, 6.45) is 3.27. The molecule has 0 spiro atoms. The Kier molecular flexibility index (Phi) is 7.18. The van der Waals surface area contributed by atoms with E-state index in [1.807, 2.05) is 39.5 Å². The van der Waals surface area contributed by atoms with Crippen molar-refractivity contribution in [3.63, 3.8) is 0 Å². The first-order chi connectivity index (χ1) is 7.66. The molecule has 0 saturated heterocycles. The largest absolute Gasteiger partial charge is 0.336 e. The molecule has 1 heterocycles. The van der Waals surface area contributed by atoms with Gasteiger partial charge in [0.25, 0.3) is 5.91 Å². The molecule has 0 aliphatic heterocycles. The fourth-order valence-electron chi connectivity index (χ4n) is 1.40. The van der Waals surface area contributed by atoms with Gasteiger partial charge in [0.2, 0.25) is 0 Å². The molecule has 1 aromatic rings. The van der Waals surface area contributed by atoms with Gasteiger partial charge in [-0.05, 0) is 32.9 Å². The zero-order valence-electron chi connectivity index (χ0n) is 10.9. The maximum Gasteiger partial charge on any atom is 0.255 e. The standard InChI is InChI=1S/C11H16N2O.C2H6/c1-4-13(9(2)3)11(14)10-6-5-7-12-8-10;1-2/h5-9H,4H2,1-3H3;1-2H3. The van der Waals surface area contributed by atoms with Crippen molar-refractivity contribution in [2.24, 2.45) is 0 Å². The van der Waals surface area contributed by atoms with Crippen molar-refractivity contribution < 1.29 is 4.79 Å². The second kappa shape index (κ2) is 7.85. The third kappa shape index (κ3) is 4.01. The van der Waals surface area contributed by atoms with Crippen LogP contribution in [-0.4, -0.2) is 28.4 Å². The average molecular weight is 222 g/mol. The summed E-state index contributed by atoms with van der Waals surface area (Å²) in [7, 11) is 0. The van der Waals surface area contributed by atoms with E-state index in [1.165, 1.54) is 0 Å². The number of hydrogen-bond donors (Lipinski definition) is 0. The van der Waals surface area contributed by atoms with Crippen molar-refractivity contribution in [2.75, 3.05) is 6.54 Å². The van der Waals surface area contributed by atoms with E-state index in [0.717, 1.165) is 6.54 Å². The summed E-state index contributed by atoms with van der Waals surface area (Å²) < 4.78 is 0. The van der Waals surface area contributed by atoms with Gasteiger partial charge < -0.3 is 4.90 Å². The van der Waals surface area contributed by atoms with E-state index in [1.54, 1.807) is 24.5 Å². The summed E-state index contributed by atoms with van der Waals surface area (Å²) in [5.74, 6) is 0.0515. The van der Waals surface area contributed by atoms with E-state index in [4.69, 9.17) is 0 Å². The summed E-state index contributed by atoms with van der Waals surface area (Å²) >= 11 is 0. The van der Waals surface area contributed by atoms with Crippen LogP contribution in [0.25, 0.3) is 0 Å². The lowest BCUT2D eigenvalue weighted by Crippen LogP contribution is -2.36. The Morgan fingerprint density at radius 2 is 2.06 bits per heavy atom. The third-order valence-electron chi connectivity index (χ3n) is 2.13. The van der Waals surface area contributed by atoms with Crippen LogP contribution < -0.4 is 0 Å². The van der Waals surface area contributed by atoms with Gasteiger partial charge in [-0.2, -0.15) is 0 Å². The normalized spacial score (nSPS) is 9.38. The summed E-state index contributed by atoms with van der Waals surface area (Å²) in [4.78, 5) is 17.7. The quantitative estimate of drug-likeness (QED) is 0.787. The van der Waals surface area contributed by atoms with E-state index in [0.29, 0.717) is 5.56 Å². The molecule has 0 saturated carbocycles. The van der Waals surface area contributed by atoms with E-state index >= 15 is 0 Å². The molecular weight excluding hydrogens is 200 g/mol. The number of carbonyl (C=O) groups is 1. The molecule has 0 bridgehead atoms. The van der Waals surface area contributed by atoms with Crippen molar-refractivity contribution in [2.45, 2.75) is 40.7 Å². The van der Waals surface area contributed by atoms with Crippen molar-refractivity contribution in [1.29, 1.82) is 0 Å². The van der Waals surface area contributed by atoms with Crippen LogP contribution in [0.3, 0.4) is 0 Å². The highest BCUT2D eigenvalue weighted by Gasteiger charge is 2.16.